The summed E-state index contributed by atoms with van der Waals surface area (Å²) in [4.78, 5) is 29.8. The smallest absolute Gasteiger partial charge is 0.222 e. The van der Waals surface area contributed by atoms with E-state index in [9.17, 15) is 4.79 Å². The zero-order chi connectivity index (χ0) is 20.4. The quantitative estimate of drug-likeness (QED) is 0.626. The zero-order valence-electron chi connectivity index (χ0n) is 16.7. The van der Waals surface area contributed by atoms with Crippen LogP contribution >= 0.6 is 11.3 Å². The number of thiophene rings is 1. The van der Waals surface area contributed by atoms with Crippen molar-refractivity contribution in [1.29, 1.82) is 0 Å². The lowest BCUT2D eigenvalue weighted by molar-refractivity contribution is -0.140. The molecule has 1 fully saturated rings. The fraction of sp³-hybridized carbons (Fsp3) is 0.476. The monoisotopic (exact) mass is 424 g/mol. The molecule has 3 aromatic rings. The van der Waals surface area contributed by atoms with E-state index < -0.39 is 0 Å². The Kier molecular flexibility index (Phi) is 5.30. The third kappa shape index (κ3) is 3.75. The highest BCUT2D eigenvalue weighted by Gasteiger charge is 2.42. The van der Waals surface area contributed by atoms with Crippen molar-refractivity contribution in [3.8, 4) is 10.6 Å². The van der Waals surface area contributed by atoms with E-state index in [4.69, 9.17) is 4.74 Å². The molecular formula is C21H24N6O2S. The van der Waals surface area contributed by atoms with Crippen LogP contribution in [-0.4, -0.2) is 55.2 Å². The van der Waals surface area contributed by atoms with Crippen LogP contribution in [0.5, 0.6) is 0 Å². The summed E-state index contributed by atoms with van der Waals surface area (Å²) in [5, 5.41) is 4.08. The highest BCUT2D eigenvalue weighted by atomic mass is 32.1. The van der Waals surface area contributed by atoms with Gasteiger partial charge in [0, 0.05) is 49.7 Å². The molecule has 1 spiro atoms. The molecule has 30 heavy (non-hydrogen) atoms. The van der Waals surface area contributed by atoms with Gasteiger partial charge in [0.2, 0.25) is 5.91 Å². The SMILES string of the molecule is O=C(CCCn1cncn1)N1CCC2(CC1)OCCc1sc(-c3cnccn3)cc12. The molecule has 1 saturated heterocycles. The lowest BCUT2D eigenvalue weighted by Gasteiger charge is -2.44. The number of amides is 1. The molecule has 1 amide bonds. The lowest BCUT2D eigenvalue weighted by atomic mass is 9.82. The van der Waals surface area contributed by atoms with Gasteiger partial charge in [-0.1, -0.05) is 0 Å². The van der Waals surface area contributed by atoms with Gasteiger partial charge in [0.05, 0.1) is 29.0 Å². The molecule has 9 heteroatoms. The Morgan fingerprint density at radius 3 is 2.90 bits per heavy atom. The summed E-state index contributed by atoms with van der Waals surface area (Å²) >= 11 is 1.80. The summed E-state index contributed by atoms with van der Waals surface area (Å²) < 4.78 is 8.12. The number of aryl methyl sites for hydroxylation is 1. The van der Waals surface area contributed by atoms with Gasteiger partial charge in [0.1, 0.15) is 12.7 Å². The van der Waals surface area contributed by atoms with Gasteiger partial charge in [-0.3, -0.25) is 19.4 Å². The number of ether oxygens (including phenoxy) is 1. The first-order valence-electron chi connectivity index (χ1n) is 10.4. The summed E-state index contributed by atoms with van der Waals surface area (Å²) in [6.45, 7) is 2.92. The van der Waals surface area contributed by atoms with Gasteiger partial charge in [-0.05, 0) is 30.9 Å². The molecule has 0 radical (unpaired) electrons. The van der Waals surface area contributed by atoms with Gasteiger partial charge >= 0.3 is 0 Å². The Labute approximate surface area is 178 Å². The van der Waals surface area contributed by atoms with E-state index in [2.05, 4.69) is 26.1 Å². The molecular weight excluding hydrogens is 400 g/mol. The minimum absolute atomic E-state index is 0.214. The number of piperidine rings is 1. The molecule has 0 unspecified atom stereocenters. The molecule has 0 N–H and O–H groups in total. The molecule has 5 heterocycles. The second-order valence-corrected chi connectivity index (χ2v) is 8.91. The van der Waals surface area contributed by atoms with Crippen LogP contribution in [-0.2, 0) is 28.1 Å². The fourth-order valence-electron chi connectivity index (χ4n) is 4.40. The Hall–Kier alpha value is -2.65. The van der Waals surface area contributed by atoms with Crippen molar-refractivity contribution in [1.82, 2.24) is 29.6 Å². The average molecular weight is 425 g/mol. The van der Waals surface area contributed by atoms with Gasteiger partial charge in [-0.25, -0.2) is 4.98 Å². The first-order valence-corrected chi connectivity index (χ1v) is 11.2. The Bertz CT molecular complexity index is 996. The maximum atomic E-state index is 12.7. The maximum absolute atomic E-state index is 12.7. The number of carbonyl (C=O) groups is 1. The number of nitrogens with zero attached hydrogens (tertiary/aromatic N) is 6. The normalized spacial score (nSPS) is 17.8. The van der Waals surface area contributed by atoms with Crippen LogP contribution in [0, 0.1) is 0 Å². The number of likely N-dealkylation sites (tertiary alicyclic amines) is 1. The highest BCUT2D eigenvalue weighted by Crippen LogP contribution is 2.46. The van der Waals surface area contributed by atoms with E-state index in [-0.39, 0.29) is 11.5 Å². The summed E-state index contributed by atoms with van der Waals surface area (Å²) in [5.41, 5.74) is 1.92. The molecule has 2 aliphatic heterocycles. The molecule has 0 atom stereocenters. The number of hydrogen-bond donors (Lipinski definition) is 0. The molecule has 5 rings (SSSR count). The number of hydrogen-bond acceptors (Lipinski definition) is 7. The van der Waals surface area contributed by atoms with E-state index >= 15 is 0 Å². The van der Waals surface area contributed by atoms with E-state index in [1.165, 1.54) is 16.8 Å². The predicted molar refractivity (Wildman–Crippen MR) is 112 cm³/mol. The van der Waals surface area contributed by atoms with Crippen molar-refractivity contribution >= 4 is 17.2 Å². The van der Waals surface area contributed by atoms with Crippen molar-refractivity contribution < 1.29 is 9.53 Å². The van der Waals surface area contributed by atoms with Crippen LogP contribution in [0.4, 0.5) is 0 Å². The van der Waals surface area contributed by atoms with Gasteiger partial charge < -0.3 is 9.64 Å². The van der Waals surface area contributed by atoms with Crippen LogP contribution in [0.1, 0.15) is 36.1 Å². The van der Waals surface area contributed by atoms with Gasteiger partial charge in [0.25, 0.3) is 0 Å². The average Bonchev–Trinajstić information content (AvgIpc) is 3.46. The summed E-state index contributed by atoms with van der Waals surface area (Å²) in [6.07, 6.45) is 12.4. The molecule has 0 bridgehead atoms. The van der Waals surface area contributed by atoms with Crippen LogP contribution in [0.25, 0.3) is 10.6 Å². The van der Waals surface area contributed by atoms with Crippen LogP contribution in [0.15, 0.2) is 37.3 Å². The Balaban J connectivity index is 1.24. The van der Waals surface area contributed by atoms with Crippen molar-refractivity contribution in [3.63, 3.8) is 0 Å². The number of carbonyl (C=O) groups excluding carboxylic acids is 1. The lowest BCUT2D eigenvalue weighted by Crippen LogP contribution is -2.48. The van der Waals surface area contributed by atoms with E-state index in [0.29, 0.717) is 6.42 Å². The van der Waals surface area contributed by atoms with Crippen LogP contribution in [0.2, 0.25) is 0 Å². The third-order valence-electron chi connectivity index (χ3n) is 5.99. The molecule has 0 aliphatic carbocycles. The predicted octanol–water partition coefficient (Wildman–Crippen LogP) is 2.67. The topological polar surface area (TPSA) is 86.0 Å². The number of fused-ring (bicyclic) bond motifs is 2. The van der Waals surface area contributed by atoms with Crippen molar-refractivity contribution in [2.75, 3.05) is 19.7 Å². The Morgan fingerprint density at radius 2 is 2.13 bits per heavy atom. The standard InChI is InChI=1S/C21H24N6O2S/c28-20(2-1-8-27-15-23-14-25-27)26-9-4-21(5-10-26)16-12-19(17-13-22-6-7-24-17)30-18(16)3-11-29-21/h6-7,12-15H,1-5,8-11H2. The number of aromatic nitrogens is 5. The molecule has 2 aliphatic rings. The summed E-state index contributed by atoms with van der Waals surface area (Å²) in [6, 6.07) is 2.23. The van der Waals surface area contributed by atoms with Gasteiger partial charge in [-0.15, -0.1) is 11.3 Å². The zero-order valence-corrected chi connectivity index (χ0v) is 17.6. The van der Waals surface area contributed by atoms with E-state index in [1.54, 1.807) is 34.7 Å². The first-order chi connectivity index (χ1) is 14.7. The molecule has 156 valence electrons. The van der Waals surface area contributed by atoms with Crippen LogP contribution in [0.3, 0.4) is 0 Å². The minimum Gasteiger partial charge on any atom is -0.370 e. The Morgan fingerprint density at radius 1 is 1.23 bits per heavy atom. The van der Waals surface area contributed by atoms with Gasteiger partial charge in [0.15, 0.2) is 0 Å². The molecule has 3 aromatic heterocycles. The molecule has 0 aromatic carbocycles. The summed E-state index contributed by atoms with van der Waals surface area (Å²) in [7, 11) is 0. The second-order valence-electron chi connectivity index (χ2n) is 7.77. The fourth-order valence-corrected chi connectivity index (χ4v) is 5.59. The van der Waals surface area contributed by atoms with Gasteiger partial charge in [-0.2, -0.15) is 5.10 Å². The largest absolute Gasteiger partial charge is 0.370 e. The molecule has 0 saturated carbocycles. The third-order valence-corrected chi connectivity index (χ3v) is 7.21. The first kappa shape index (κ1) is 19.3. The highest BCUT2D eigenvalue weighted by molar-refractivity contribution is 7.15. The minimum atomic E-state index is -0.276. The van der Waals surface area contributed by atoms with E-state index in [0.717, 1.165) is 62.5 Å². The second kappa shape index (κ2) is 8.23. The van der Waals surface area contributed by atoms with Crippen molar-refractivity contribution in [2.45, 2.75) is 44.2 Å². The van der Waals surface area contributed by atoms with E-state index in [1.807, 2.05) is 11.1 Å². The molecule has 8 nitrogen and oxygen atoms in total. The maximum Gasteiger partial charge on any atom is 0.222 e. The summed E-state index contributed by atoms with van der Waals surface area (Å²) in [5.74, 6) is 0.214. The van der Waals surface area contributed by atoms with Crippen molar-refractivity contribution in [2.24, 2.45) is 0 Å². The van der Waals surface area contributed by atoms with Crippen LogP contribution < -0.4 is 0 Å². The van der Waals surface area contributed by atoms with Crippen molar-refractivity contribution in [3.05, 3.63) is 47.8 Å². The number of rotatable bonds is 5.